The molecule has 0 saturated carbocycles. The molecule has 3 heterocycles. The van der Waals surface area contributed by atoms with Crippen molar-refractivity contribution in [2.24, 2.45) is 0 Å². The molecule has 0 spiro atoms. The normalized spacial score (nSPS) is 11.8. The van der Waals surface area contributed by atoms with Crippen LogP contribution in [0.5, 0.6) is 0 Å². The van der Waals surface area contributed by atoms with Crippen LogP contribution in [0.2, 0.25) is 0 Å². The van der Waals surface area contributed by atoms with E-state index in [1.54, 1.807) is 0 Å². The number of hydrogen-bond acceptors (Lipinski definition) is 5. The first kappa shape index (κ1) is 29.9. The Labute approximate surface area is 308 Å². The van der Waals surface area contributed by atoms with E-state index in [2.05, 4.69) is 168 Å². The highest BCUT2D eigenvalue weighted by Gasteiger charge is 2.19. The number of anilines is 6. The Morgan fingerprint density at radius 3 is 1.28 bits per heavy atom. The standard InChI is InChI=1S/C48H30N2O2S/c1-3-11-31(12-4-1)49(34-19-23-39-37-15-7-9-17-43(37)51-45(39)28-34)33-22-26-47-42(27-33)41-25-21-36(30-48(41)53-47)50(32-13-5-2-6-14-32)35-20-24-40-38-16-8-10-18-44(38)52-46(40)29-35/h1-30H. The first-order valence-corrected chi connectivity index (χ1v) is 18.6. The molecular weight excluding hydrogens is 669 g/mol. The monoisotopic (exact) mass is 698 g/mol. The van der Waals surface area contributed by atoms with Gasteiger partial charge in [-0.15, -0.1) is 11.3 Å². The molecule has 5 heteroatoms. The molecule has 0 aliphatic rings. The van der Waals surface area contributed by atoms with Crippen molar-refractivity contribution in [1.82, 2.24) is 0 Å². The molecule has 8 aromatic carbocycles. The van der Waals surface area contributed by atoms with E-state index in [0.29, 0.717) is 0 Å². The summed E-state index contributed by atoms with van der Waals surface area (Å²) in [7, 11) is 0. The van der Waals surface area contributed by atoms with E-state index in [1.165, 1.54) is 20.2 Å². The van der Waals surface area contributed by atoms with Crippen molar-refractivity contribution in [3.05, 3.63) is 182 Å². The average Bonchev–Trinajstić information content (AvgIpc) is 3.89. The fourth-order valence-electron chi connectivity index (χ4n) is 7.79. The second-order valence-corrected chi connectivity index (χ2v) is 14.4. The van der Waals surface area contributed by atoms with Crippen molar-refractivity contribution in [2.45, 2.75) is 0 Å². The lowest BCUT2D eigenvalue weighted by Crippen LogP contribution is -2.09. The lowest BCUT2D eigenvalue weighted by Gasteiger charge is -2.25. The number of thiophene rings is 1. The fraction of sp³-hybridized carbons (Fsp3) is 0. The third kappa shape index (κ3) is 4.90. The Morgan fingerprint density at radius 1 is 0.283 bits per heavy atom. The average molecular weight is 699 g/mol. The highest BCUT2D eigenvalue weighted by Crippen LogP contribution is 2.45. The third-order valence-electron chi connectivity index (χ3n) is 10.2. The number of nitrogens with zero attached hydrogens (tertiary/aromatic N) is 2. The second kappa shape index (κ2) is 11.9. The second-order valence-electron chi connectivity index (χ2n) is 13.4. The summed E-state index contributed by atoms with van der Waals surface area (Å²) in [5.74, 6) is 0. The summed E-state index contributed by atoms with van der Waals surface area (Å²) in [6.45, 7) is 0. The van der Waals surface area contributed by atoms with Gasteiger partial charge in [0.2, 0.25) is 0 Å². The van der Waals surface area contributed by atoms with Crippen LogP contribution in [0.1, 0.15) is 0 Å². The Balaban J connectivity index is 1.03. The minimum Gasteiger partial charge on any atom is -0.456 e. The van der Waals surface area contributed by atoms with E-state index in [1.807, 2.05) is 35.6 Å². The van der Waals surface area contributed by atoms with Crippen molar-refractivity contribution in [1.29, 1.82) is 0 Å². The van der Waals surface area contributed by atoms with Gasteiger partial charge in [-0.3, -0.25) is 0 Å². The minimum atomic E-state index is 0.877. The number of para-hydroxylation sites is 4. The Morgan fingerprint density at radius 2 is 0.717 bits per heavy atom. The molecule has 53 heavy (non-hydrogen) atoms. The molecular formula is C48H30N2O2S. The summed E-state index contributed by atoms with van der Waals surface area (Å²) in [5, 5.41) is 6.97. The summed E-state index contributed by atoms with van der Waals surface area (Å²) >= 11 is 1.83. The van der Waals surface area contributed by atoms with Gasteiger partial charge in [-0.1, -0.05) is 78.9 Å². The number of rotatable bonds is 6. The van der Waals surface area contributed by atoms with Crippen molar-refractivity contribution in [2.75, 3.05) is 9.80 Å². The van der Waals surface area contributed by atoms with Crippen LogP contribution in [0.4, 0.5) is 34.1 Å². The smallest absolute Gasteiger partial charge is 0.137 e. The van der Waals surface area contributed by atoms with Crippen LogP contribution in [0, 0.1) is 0 Å². The van der Waals surface area contributed by atoms with Gasteiger partial charge in [0.25, 0.3) is 0 Å². The fourth-order valence-corrected chi connectivity index (χ4v) is 8.91. The van der Waals surface area contributed by atoms with Crippen molar-refractivity contribution >= 4 is 110 Å². The summed E-state index contributed by atoms with van der Waals surface area (Å²) in [5.41, 5.74) is 10.0. The Hall–Kier alpha value is -6.82. The predicted octanol–water partition coefficient (Wildman–Crippen LogP) is 14.8. The minimum absolute atomic E-state index is 0.877. The third-order valence-corrected chi connectivity index (χ3v) is 11.4. The van der Waals surface area contributed by atoms with Crippen LogP contribution in [-0.2, 0) is 0 Å². The van der Waals surface area contributed by atoms with E-state index in [4.69, 9.17) is 8.83 Å². The molecule has 11 aromatic rings. The zero-order valence-corrected chi connectivity index (χ0v) is 29.3. The molecule has 0 amide bonds. The Bertz CT molecular complexity index is 3140. The van der Waals surface area contributed by atoms with Crippen molar-refractivity contribution in [3.63, 3.8) is 0 Å². The van der Waals surface area contributed by atoms with Crippen molar-refractivity contribution in [3.8, 4) is 0 Å². The van der Waals surface area contributed by atoms with Gasteiger partial charge in [0.05, 0.1) is 0 Å². The largest absolute Gasteiger partial charge is 0.456 e. The topological polar surface area (TPSA) is 32.8 Å². The zero-order chi connectivity index (χ0) is 34.9. The molecule has 0 saturated heterocycles. The number of furan rings is 2. The molecule has 0 unspecified atom stereocenters. The van der Waals surface area contributed by atoms with Crippen LogP contribution in [0.15, 0.2) is 191 Å². The maximum absolute atomic E-state index is 6.33. The maximum atomic E-state index is 6.33. The van der Waals surface area contributed by atoms with Gasteiger partial charge in [-0.2, -0.15) is 0 Å². The quantitative estimate of drug-likeness (QED) is 0.173. The molecule has 0 fully saturated rings. The van der Waals surface area contributed by atoms with Crippen LogP contribution in [0.25, 0.3) is 64.0 Å². The van der Waals surface area contributed by atoms with Gasteiger partial charge in [0.15, 0.2) is 0 Å². The zero-order valence-electron chi connectivity index (χ0n) is 28.4. The molecule has 0 bridgehead atoms. The van der Waals surface area contributed by atoms with Crippen molar-refractivity contribution < 1.29 is 8.83 Å². The lowest BCUT2D eigenvalue weighted by atomic mass is 10.1. The number of benzene rings is 8. The molecule has 11 rings (SSSR count). The van der Waals surface area contributed by atoms with E-state index in [0.717, 1.165) is 78.0 Å². The van der Waals surface area contributed by atoms with Gasteiger partial charge in [-0.05, 0) is 91.0 Å². The molecule has 0 radical (unpaired) electrons. The lowest BCUT2D eigenvalue weighted by molar-refractivity contribution is 0.668. The van der Waals surface area contributed by atoms with E-state index in [-0.39, 0.29) is 0 Å². The highest BCUT2D eigenvalue weighted by atomic mass is 32.1. The molecule has 0 N–H and O–H groups in total. The molecule has 250 valence electrons. The highest BCUT2D eigenvalue weighted by molar-refractivity contribution is 7.25. The van der Waals surface area contributed by atoms with Gasteiger partial charge in [0, 0.05) is 88.0 Å². The van der Waals surface area contributed by atoms with Gasteiger partial charge < -0.3 is 18.6 Å². The first-order chi connectivity index (χ1) is 26.2. The van der Waals surface area contributed by atoms with E-state index in [9.17, 15) is 0 Å². The maximum Gasteiger partial charge on any atom is 0.137 e. The summed E-state index contributed by atoms with van der Waals surface area (Å²) < 4.78 is 15.1. The summed E-state index contributed by atoms with van der Waals surface area (Å²) in [6.07, 6.45) is 0. The molecule has 0 aliphatic carbocycles. The molecule has 0 atom stereocenters. The van der Waals surface area contributed by atoms with Gasteiger partial charge in [0.1, 0.15) is 22.3 Å². The van der Waals surface area contributed by atoms with Gasteiger partial charge >= 0.3 is 0 Å². The summed E-state index contributed by atoms with van der Waals surface area (Å²) in [4.78, 5) is 4.63. The Kier molecular flexibility index (Phi) is 6.69. The van der Waals surface area contributed by atoms with Gasteiger partial charge in [-0.25, -0.2) is 0 Å². The number of fused-ring (bicyclic) bond motifs is 9. The summed E-state index contributed by atoms with van der Waals surface area (Å²) in [6, 6.07) is 64.3. The first-order valence-electron chi connectivity index (χ1n) is 17.7. The predicted molar refractivity (Wildman–Crippen MR) is 223 cm³/mol. The SMILES string of the molecule is c1ccc(N(c2ccc3c(c2)oc2ccccc23)c2ccc3c(c2)sc2ccc(N(c4ccccc4)c4ccc5c(c4)oc4ccccc45)cc23)cc1. The van der Waals surface area contributed by atoms with Crippen LogP contribution >= 0.6 is 11.3 Å². The molecule has 0 aliphatic heterocycles. The van der Waals surface area contributed by atoms with E-state index >= 15 is 0 Å². The van der Waals surface area contributed by atoms with E-state index < -0.39 is 0 Å². The number of hydrogen-bond donors (Lipinski definition) is 0. The van der Waals surface area contributed by atoms with Crippen LogP contribution in [0.3, 0.4) is 0 Å². The van der Waals surface area contributed by atoms with Crippen LogP contribution in [-0.4, -0.2) is 0 Å². The molecule has 3 aromatic heterocycles. The van der Waals surface area contributed by atoms with Crippen LogP contribution < -0.4 is 9.80 Å². The molecule has 4 nitrogen and oxygen atoms in total.